The molecule has 2 heterocycles. The van der Waals surface area contributed by atoms with Crippen molar-refractivity contribution in [3.8, 4) is 39.4 Å². The van der Waals surface area contributed by atoms with Crippen LogP contribution in [-0.2, 0) is 6.61 Å². The van der Waals surface area contributed by atoms with Crippen molar-refractivity contribution in [2.24, 2.45) is 0 Å². The molecular weight excluding hydrogens is 647 g/mol. The van der Waals surface area contributed by atoms with E-state index in [4.69, 9.17) is 10.5 Å². The second kappa shape index (κ2) is 12.6. The molecule has 53 heavy (non-hydrogen) atoms. The van der Waals surface area contributed by atoms with E-state index < -0.39 is 0 Å². The number of para-hydroxylation sites is 4. The maximum absolute atomic E-state index is 6.96. The largest absolute Gasteiger partial charge is 0.487 e. The predicted octanol–water partition coefficient (Wildman–Crippen LogP) is 12.4. The maximum Gasteiger partial charge on any atom is 0.143 e. The summed E-state index contributed by atoms with van der Waals surface area (Å²) in [6.07, 6.45) is 0. The van der Waals surface area contributed by atoms with Crippen LogP contribution in [0.1, 0.15) is 5.56 Å². The Morgan fingerprint density at radius 2 is 0.811 bits per heavy atom. The predicted molar refractivity (Wildman–Crippen MR) is 221 cm³/mol. The lowest BCUT2D eigenvalue weighted by atomic mass is 9.97. The second-order valence-corrected chi connectivity index (χ2v) is 13.6. The quantitative estimate of drug-likeness (QED) is 0.170. The zero-order chi connectivity index (χ0) is 35.3. The van der Waals surface area contributed by atoms with Crippen LogP contribution in [0.15, 0.2) is 188 Å². The van der Waals surface area contributed by atoms with Crippen LogP contribution >= 0.6 is 0 Å². The fourth-order valence-corrected chi connectivity index (χ4v) is 7.96. The highest BCUT2D eigenvalue weighted by molar-refractivity contribution is 6.10. The standard InChI is InChI=1S/C49H35N3O/c50-49-43(35-17-5-2-6-18-35)29-36(34-15-3-1-4-16-34)30-48(49)53-32-33-27-37(51-44-23-11-7-19-39(44)40-20-8-12-24-45(40)51)31-38(28-33)52-46-25-13-9-21-41(46)42-22-10-14-26-47(42)52/h1-31H,32,50H2. The molecule has 0 unspecified atom stereocenters. The number of nitrogens with two attached hydrogens (primary N) is 1. The first-order chi connectivity index (χ1) is 26.2. The van der Waals surface area contributed by atoms with Gasteiger partial charge in [0.2, 0.25) is 0 Å². The number of aromatic nitrogens is 2. The molecule has 4 heteroatoms. The zero-order valence-corrected chi connectivity index (χ0v) is 29.0. The number of nitrogen functional groups attached to an aromatic ring is 1. The van der Waals surface area contributed by atoms with Crippen LogP contribution in [0.3, 0.4) is 0 Å². The normalized spacial score (nSPS) is 11.5. The Balaban J connectivity index is 1.17. The Bertz CT molecular complexity index is 2720. The first kappa shape index (κ1) is 30.8. The first-order valence-corrected chi connectivity index (χ1v) is 18.0. The van der Waals surface area contributed by atoms with Crippen molar-refractivity contribution in [2.75, 3.05) is 5.73 Å². The molecule has 4 nitrogen and oxygen atoms in total. The van der Waals surface area contributed by atoms with E-state index in [0.29, 0.717) is 18.0 Å². The summed E-state index contributed by atoms with van der Waals surface area (Å²) in [6, 6.07) is 66.4. The third kappa shape index (κ3) is 5.23. The van der Waals surface area contributed by atoms with Crippen LogP contribution < -0.4 is 10.5 Å². The highest BCUT2D eigenvalue weighted by Crippen LogP contribution is 2.40. The lowest BCUT2D eigenvalue weighted by Crippen LogP contribution is -2.05. The van der Waals surface area contributed by atoms with Crippen molar-refractivity contribution in [3.05, 3.63) is 194 Å². The molecule has 0 bridgehead atoms. The monoisotopic (exact) mass is 681 g/mol. The van der Waals surface area contributed by atoms with Gasteiger partial charge in [0.1, 0.15) is 12.4 Å². The van der Waals surface area contributed by atoms with Gasteiger partial charge in [0.05, 0.1) is 27.8 Å². The Kier molecular flexibility index (Phi) is 7.33. The summed E-state index contributed by atoms with van der Waals surface area (Å²) in [7, 11) is 0. The highest BCUT2D eigenvalue weighted by Gasteiger charge is 2.18. The molecule has 0 radical (unpaired) electrons. The lowest BCUT2D eigenvalue weighted by molar-refractivity contribution is 0.308. The van der Waals surface area contributed by atoms with Crippen molar-refractivity contribution < 1.29 is 4.74 Å². The van der Waals surface area contributed by atoms with Crippen LogP contribution in [0.4, 0.5) is 5.69 Å². The van der Waals surface area contributed by atoms with Crippen LogP contribution in [0.5, 0.6) is 5.75 Å². The summed E-state index contributed by atoms with van der Waals surface area (Å²) in [4.78, 5) is 0. The summed E-state index contributed by atoms with van der Waals surface area (Å²) >= 11 is 0. The van der Waals surface area contributed by atoms with Crippen LogP contribution in [0.2, 0.25) is 0 Å². The molecule has 0 saturated carbocycles. The van der Waals surface area contributed by atoms with E-state index in [1.807, 2.05) is 24.3 Å². The minimum Gasteiger partial charge on any atom is -0.487 e. The summed E-state index contributed by atoms with van der Waals surface area (Å²) in [5.74, 6) is 0.658. The number of benzene rings is 8. The van der Waals surface area contributed by atoms with Gasteiger partial charge in [0.15, 0.2) is 0 Å². The lowest BCUT2D eigenvalue weighted by Gasteiger charge is -2.18. The van der Waals surface area contributed by atoms with E-state index in [1.165, 1.54) is 21.5 Å². The van der Waals surface area contributed by atoms with Gasteiger partial charge in [-0.15, -0.1) is 0 Å². The fourth-order valence-electron chi connectivity index (χ4n) is 7.96. The Hall–Kier alpha value is -7.04. The molecular formula is C49H35N3O. The van der Waals surface area contributed by atoms with E-state index in [1.54, 1.807) is 0 Å². The minimum atomic E-state index is 0.325. The summed E-state index contributed by atoms with van der Waals surface area (Å²) in [5.41, 5.74) is 19.5. The molecule has 8 aromatic carbocycles. The second-order valence-electron chi connectivity index (χ2n) is 13.6. The van der Waals surface area contributed by atoms with Crippen molar-refractivity contribution in [1.82, 2.24) is 9.13 Å². The Morgan fingerprint density at radius 3 is 1.28 bits per heavy atom. The highest BCUT2D eigenvalue weighted by atomic mass is 16.5. The SMILES string of the molecule is Nc1c(OCc2cc(-n3c4ccccc4c4ccccc43)cc(-n3c4ccccc4c4ccccc43)c2)cc(-c2ccccc2)cc1-c1ccccc1. The molecule has 252 valence electrons. The van der Waals surface area contributed by atoms with Crippen molar-refractivity contribution in [1.29, 1.82) is 0 Å². The van der Waals surface area contributed by atoms with Crippen molar-refractivity contribution in [2.45, 2.75) is 6.61 Å². The molecule has 0 aliphatic rings. The number of anilines is 1. The van der Waals surface area contributed by atoms with Gasteiger partial charge in [-0.1, -0.05) is 133 Å². The summed E-state index contributed by atoms with van der Waals surface area (Å²) in [5, 5.41) is 4.90. The average molecular weight is 682 g/mol. The van der Waals surface area contributed by atoms with Gasteiger partial charge in [-0.3, -0.25) is 0 Å². The summed E-state index contributed by atoms with van der Waals surface area (Å²) < 4.78 is 11.6. The number of fused-ring (bicyclic) bond motifs is 6. The smallest absolute Gasteiger partial charge is 0.143 e. The molecule has 0 atom stereocenters. The minimum absolute atomic E-state index is 0.325. The Labute approximate surface area is 307 Å². The third-order valence-corrected chi connectivity index (χ3v) is 10.4. The molecule has 10 aromatic rings. The van der Waals surface area contributed by atoms with E-state index in [0.717, 1.165) is 61.3 Å². The molecule has 2 N–H and O–H groups in total. The van der Waals surface area contributed by atoms with E-state index in [9.17, 15) is 0 Å². The van der Waals surface area contributed by atoms with Gasteiger partial charge in [0, 0.05) is 38.5 Å². The Morgan fingerprint density at radius 1 is 0.396 bits per heavy atom. The van der Waals surface area contributed by atoms with E-state index in [2.05, 4.69) is 173 Å². The number of nitrogens with zero attached hydrogens (tertiary/aromatic N) is 2. The van der Waals surface area contributed by atoms with Crippen LogP contribution in [0.25, 0.3) is 77.2 Å². The van der Waals surface area contributed by atoms with Crippen molar-refractivity contribution in [3.63, 3.8) is 0 Å². The fraction of sp³-hybridized carbons (Fsp3) is 0.0204. The van der Waals surface area contributed by atoms with Crippen molar-refractivity contribution >= 4 is 49.3 Å². The number of ether oxygens (including phenoxy) is 1. The molecule has 0 fully saturated rings. The summed E-state index contributed by atoms with van der Waals surface area (Å²) in [6.45, 7) is 0.325. The topological polar surface area (TPSA) is 45.1 Å². The zero-order valence-electron chi connectivity index (χ0n) is 29.0. The van der Waals surface area contributed by atoms with Gasteiger partial charge in [-0.2, -0.15) is 0 Å². The number of hydrogen-bond acceptors (Lipinski definition) is 2. The van der Waals surface area contributed by atoms with Gasteiger partial charge >= 0.3 is 0 Å². The van der Waals surface area contributed by atoms with E-state index in [-0.39, 0.29) is 0 Å². The number of rotatable bonds is 7. The molecule has 0 spiro atoms. The van der Waals surface area contributed by atoms with Gasteiger partial charge in [0.25, 0.3) is 0 Å². The molecule has 0 aliphatic heterocycles. The first-order valence-electron chi connectivity index (χ1n) is 18.0. The van der Waals surface area contributed by atoms with Gasteiger partial charge in [-0.25, -0.2) is 0 Å². The maximum atomic E-state index is 6.96. The average Bonchev–Trinajstić information content (AvgIpc) is 3.74. The molecule has 10 rings (SSSR count). The molecule has 0 amide bonds. The van der Waals surface area contributed by atoms with E-state index >= 15 is 0 Å². The van der Waals surface area contributed by atoms with Gasteiger partial charge in [-0.05, 0) is 76.9 Å². The molecule has 2 aromatic heterocycles. The van der Waals surface area contributed by atoms with Gasteiger partial charge < -0.3 is 19.6 Å². The number of hydrogen-bond donors (Lipinski definition) is 1. The van der Waals surface area contributed by atoms with Crippen LogP contribution in [-0.4, -0.2) is 9.13 Å². The van der Waals surface area contributed by atoms with Crippen LogP contribution in [0, 0.1) is 0 Å². The third-order valence-electron chi connectivity index (χ3n) is 10.4. The molecule has 0 aliphatic carbocycles. The molecule has 0 saturated heterocycles.